The van der Waals surface area contributed by atoms with Gasteiger partial charge in [0.25, 0.3) is 5.91 Å². The molecule has 1 aliphatic heterocycles. The highest BCUT2D eigenvalue weighted by atomic mass is 16.5. The van der Waals surface area contributed by atoms with Crippen molar-refractivity contribution in [1.29, 1.82) is 0 Å². The van der Waals surface area contributed by atoms with Crippen molar-refractivity contribution in [2.75, 3.05) is 13.7 Å². The van der Waals surface area contributed by atoms with Gasteiger partial charge in [-0.25, -0.2) is 4.79 Å². The average molecular weight is 285 g/mol. The molecule has 0 bridgehead atoms. The summed E-state index contributed by atoms with van der Waals surface area (Å²) in [5.41, 5.74) is 1.69. The van der Waals surface area contributed by atoms with E-state index in [-0.39, 0.29) is 11.9 Å². The molecule has 1 amide bonds. The molecule has 2 heterocycles. The maximum Gasteiger partial charge on any atom is 0.328 e. The summed E-state index contributed by atoms with van der Waals surface area (Å²) in [7, 11) is 1.34. The molecule has 1 unspecified atom stereocenters. The summed E-state index contributed by atoms with van der Waals surface area (Å²) >= 11 is 0. The lowest BCUT2D eigenvalue weighted by Gasteiger charge is -2.23. The van der Waals surface area contributed by atoms with Crippen molar-refractivity contribution in [2.24, 2.45) is 0 Å². The van der Waals surface area contributed by atoms with Gasteiger partial charge in [-0.3, -0.25) is 14.8 Å². The van der Waals surface area contributed by atoms with Crippen LogP contribution >= 0.6 is 0 Å². The lowest BCUT2D eigenvalue weighted by atomic mass is 10.1. The third kappa shape index (κ3) is 2.33. The van der Waals surface area contributed by atoms with E-state index in [1.54, 1.807) is 35.5 Å². The number of amides is 1. The van der Waals surface area contributed by atoms with Gasteiger partial charge in [-0.05, 0) is 25.0 Å². The monoisotopic (exact) mass is 285 g/mol. The van der Waals surface area contributed by atoms with Crippen LogP contribution in [0.25, 0.3) is 11.0 Å². The molecule has 1 aliphatic rings. The van der Waals surface area contributed by atoms with Gasteiger partial charge in [-0.2, -0.15) is 0 Å². The van der Waals surface area contributed by atoms with Crippen LogP contribution in [0.5, 0.6) is 0 Å². The van der Waals surface area contributed by atoms with Crippen LogP contribution in [-0.4, -0.2) is 46.4 Å². The van der Waals surface area contributed by atoms with Gasteiger partial charge in [-0.1, -0.05) is 6.07 Å². The van der Waals surface area contributed by atoms with E-state index < -0.39 is 6.04 Å². The van der Waals surface area contributed by atoms with E-state index >= 15 is 0 Å². The number of aromatic nitrogens is 2. The summed E-state index contributed by atoms with van der Waals surface area (Å²) in [4.78, 5) is 34.5. The van der Waals surface area contributed by atoms with Gasteiger partial charge in [0, 0.05) is 18.9 Å². The zero-order valence-corrected chi connectivity index (χ0v) is 11.7. The second kappa shape index (κ2) is 5.47. The molecule has 2 aromatic rings. The van der Waals surface area contributed by atoms with Gasteiger partial charge >= 0.3 is 5.97 Å². The van der Waals surface area contributed by atoms with Crippen LogP contribution in [0.4, 0.5) is 0 Å². The average Bonchev–Trinajstić information content (AvgIpc) is 3.02. The summed E-state index contributed by atoms with van der Waals surface area (Å²) in [6, 6.07) is 4.79. The lowest BCUT2D eigenvalue weighted by molar-refractivity contribution is -0.145. The number of hydrogen-bond acceptors (Lipinski definition) is 5. The topological polar surface area (TPSA) is 72.4 Å². The van der Waals surface area contributed by atoms with Crippen molar-refractivity contribution in [1.82, 2.24) is 14.9 Å². The van der Waals surface area contributed by atoms with Crippen LogP contribution in [0.15, 0.2) is 30.6 Å². The normalized spacial score (nSPS) is 18.0. The maximum atomic E-state index is 12.7. The van der Waals surface area contributed by atoms with E-state index in [1.165, 1.54) is 7.11 Å². The molecule has 6 nitrogen and oxygen atoms in total. The predicted octanol–water partition coefficient (Wildman–Crippen LogP) is 1.41. The Morgan fingerprint density at radius 3 is 2.90 bits per heavy atom. The summed E-state index contributed by atoms with van der Waals surface area (Å²) in [5, 5.41) is 0. The number of carbonyl (C=O) groups excluding carboxylic acids is 2. The minimum Gasteiger partial charge on any atom is -0.467 e. The molecule has 1 aromatic heterocycles. The third-order valence-corrected chi connectivity index (χ3v) is 3.72. The van der Waals surface area contributed by atoms with Crippen molar-refractivity contribution in [2.45, 2.75) is 18.9 Å². The number of nitrogens with zero attached hydrogens (tertiary/aromatic N) is 3. The van der Waals surface area contributed by atoms with E-state index in [1.807, 2.05) is 0 Å². The number of fused-ring (bicyclic) bond motifs is 1. The SMILES string of the molecule is COC(=O)C1CCCN1C(=O)c1cccc2nccnc12. The zero-order chi connectivity index (χ0) is 14.8. The van der Waals surface area contributed by atoms with Crippen molar-refractivity contribution in [3.05, 3.63) is 36.2 Å². The number of methoxy groups -OCH3 is 1. The van der Waals surface area contributed by atoms with Crippen molar-refractivity contribution < 1.29 is 14.3 Å². The smallest absolute Gasteiger partial charge is 0.328 e. The standard InChI is InChI=1S/C15H15N3O3/c1-21-15(20)12-6-3-9-18(12)14(19)10-4-2-5-11-13(10)17-8-7-16-11/h2,4-5,7-8,12H,3,6,9H2,1H3. The number of benzene rings is 1. The van der Waals surface area contributed by atoms with E-state index in [0.717, 1.165) is 6.42 Å². The molecular weight excluding hydrogens is 270 g/mol. The number of ether oxygens (including phenoxy) is 1. The van der Waals surface area contributed by atoms with Crippen LogP contribution in [0.2, 0.25) is 0 Å². The molecule has 3 rings (SSSR count). The Balaban J connectivity index is 1.99. The highest BCUT2D eigenvalue weighted by molar-refractivity contribution is 6.05. The minimum atomic E-state index is -0.505. The van der Waals surface area contributed by atoms with Crippen LogP contribution in [0, 0.1) is 0 Å². The van der Waals surface area contributed by atoms with Crippen LogP contribution in [0.1, 0.15) is 23.2 Å². The molecule has 21 heavy (non-hydrogen) atoms. The Bertz CT molecular complexity index is 696. The van der Waals surface area contributed by atoms with Crippen molar-refractivity contribution in [3.8, 4) is 0 Å². The first kappa shape index (κ1) is 13.5. The van der Waals surface area contributed by atoms with Crippen molar-refractivity contribution in [3.63, 3.8) is 0 Å². The molecule has 1 saturated heterocycles. The van der Waals surface area contributed by atoms with E-state index in [0.29, 0.717) is 29.6 Å². The van der Waals surface area contributed by atoms with Gasteiger partial charge in [0.1, 0.15) is 11.6 Å². The molecule has 6 heteroatoms. The fraction of sp³-hybridized carbons (Fsp3) is 0.333. The Labute approximate surface area is 121 Å². The van der Waals surface area contributed by atoms with Gasteiger partial charge in [0.15, 0.2) is 0 Å². The highest BCUT2D eigenvalue weighted by Gasteiger charge is 2.35. The maximum absolute atomic E-state index is 12.7. The fourth-order valence-electron chi connectivity index (χ4n) is 2.71. The first-order chi connectivity index (χ1) is 10.2. The Morgan fingerprint density at radius 1 is 1.29 bits per heavy atom. The lowest BCUT2D eigenvalue weighted by Crippen LogP contribution is -2.41. The number of likely N-dealkylation sites (tertiary alicyclic amines) is 1. The zero-order valence-electron chi connectivity index (χ0n) is 11.7. The summed E-state index contributed by atoms with van der Waals surface area (Å²) in [5.74, 6) is -0.568. The molecule has 1 atom stereocenters. The number of hydrogen-bond donors (Lipinski definition) is 0. The fourth-order valence-corrected chi connectivity index (χ4v) is 2.71. The molecule has 1 fully saturated rings. The molecule has 0 aliphatic carbocycles. The first-order valence-electron chi connectivity index (χ1n) is 6.81. The number of carbonyl (C=O) groups is 2. The minimum absolute atomic E-state index is 0.200. The highest BCUT2D eigenvalue weighted by Crippen LogP contribution is 2.23. The van der Waals surface area contributed by atoms with Gasteiger partial charge in [0.05, 0.1) is 18.2 Å². The van der Waals surface area contributed by atoms with Gasteiger partial charge < -0.3 is 9.64 Å². The number of esters is 1. The molecule has 0 radical (unpaired) electrons. The van der Waals surface area contributed by atoms with Crippen LogP contribution < -0.4 is 0 Å². The van der Waals surface area contributed by atoms with Crippen LogP contribution in [0.3, 0.4) is 0 Å². The number of rotatable bonds is 2. The first-order valence-corrected chi connectivity index (χ1v) is 6.81. The Morgan fingerprint density at radius 2 is 2.10 bits per heavy atom. The summed E-state index contributed by atoms with van der Waals surface area (Å²) in [6.45, 7) is 0.551. The summed E-state index contributed by atoms with van der Waals surface area (Å²) in [6.07, 6.45) is 4.57. The molecule has 0 saturated carbocycles. The second-order valence-electron chi connectivity index (χ2n) is 4.91. The second-order valence-corrected chi connectivity index (χ2v) is 4.91. The summed E-state index contributed by atoms with van der Waals surface area (Å²) < 4.78 is 4.78. The molecule has 0 N–H and O–H groups in total. The third-order valence-electron chi connectivity index (χ3n) is 3.72. The van der Waals surface area contributed by atoms with Gasteiger partial charge in [-0.15, -0.1) is 0 Å². The van der Waals surface area contributed by atoms with E-state index in [9.17, 15) is 9.59 Å². The van der Waals surface area contributed by atoms with E-state index in [2.05, 4.69) is 9.97 Å². The predicted molar refractivity (Wildman–Crippen MR) is 75.6 cm³/mol. The molecular formula is C15H15N3O3. The quantitative estimate of drug-likeness (QED) is 0.780. The van der Waals surface area contributed by atoms with Gasteiger partial charge in [0.2, 0.25) is 0 Å². The Hall–Kier alpha value is -2.50. The van der Waals surface area contributed by atoms with Crippen LogP contribution in [-0.2, 0) is 9.53 Å². The largest absolute Gasteiger partial charge is 0.467 e. The Kier molecular flexibility index (Phi) is 3.51. The number of para-hydroxylation sites is 1. The molecule has 1 aromatic carbocycles. The van der Waals surface area contributed by atoms with E-state index in [4.69, 9.17) is 4.74 Å². The molecule has 0 spiro atoms. The molecule has 108 valence electrons. The van der Waals surface area contributed by atoms with Crippen molar-refractivity contribution >= 4 is 22.9 Å².